The van der Waals surface area contributed by atoms with Crippen molar-refractivity contribution in [3.8, 4) is 0 Å². The number of carboxylic acids is 1. The van der Waals surface area contributed by atoms with Crippen LogP contribution in [0.15, 0.2) is 0 Å². The first-order valence-electron chi connectivity index (χ1n) is 4.72. The predicted octanol–water partition coefficient (Wildman–Crippen LogP) is -0.153. The normalized spacial score (nSPS) is 19.9. The van der Waals surface area contributed by atoms with Gasteiger partial charge in [0.25, 0.3) is 0 Å². The van der Waals surface area contributed by atoms with Crippen molar-refractivity contribution in [1.82, 2.24) is 5.32 Å². The van der Waals surface area contributed by atoms with E-state index in [0.29, 0.717) is 0 Å². The summed E-state index contributed by atoms with van der Waals surface area (Å²) in [6.07, 6.45) is 2.08. The van der Waals surface area contributed by atoms with Crippen molar-refractivity contribution in [3.05, 3.63) is 0 Å². The molecule has 1 saturated carbocycles. The van der Waals surface area contributed by atoms with E-state index in [9.17, 15) is 9.59 Å². The summed E-state index contributed by atoms with van der Waals surface area (Å²) in [5.41, 5.74) is 5.44. The molecule has 1 aliphatic rings. The molecule has 0 radical (unpaired) electrons. The van der Waals surface area contributed by atoms with Gasteiger partial charge in [-0.2, -0.15) is 0 Å². The van der Waals surface area contributed by atoms with E-state index in [4.69, 9.17) is 10.8 Å². The van der Waals surface area contributed by atoms with Gasteiger partial charge in [0.05, 0.1) is 6.04 Å². The molecule has 0 saturated heterocycles. The average molecular weight is 200 g/mol. The maximum Gasteiger partial charge on any atom is 0.303 e. The standard InChI is InChI=1S/C9H16N2O3/c1-9(4-5-9)11-8(14)6(10)2-3-7(12)13/h6H,2-5,10H2,1H3,(H,11,14)(H,12,13). The molecule has 0 spiro atoms. The Morgan fingerprint density at radius 2 is 2.14 bits per heavy atom. The van der Waals surface area contributed by atoms with Gasteiger partial charge >= 0.3 is 5.97 Å². The van der Waals surface area contributed by atoms with E-state index in [-0.39, 0.29) is 24.3 Å². The Balaban J connectivity index is 2.25. The van der Waals surface area contributed by atoms with Gasteiger partial charge in [0, 0.05) is 12.0 Å². The van der Waals surface area contributed by atoms with E-state index < -0.39 is 12.0 Å². The number of nitrogens with one attached hydrogen (secondary N) is 1. The lowest BCUT2D eigenvalue weighted by Gasteiger charge is -2.15. The van der Waals surface area contributed by atoms with Crippen molar-refractivity contribution in [1.29, 1.82) is 0 Å². The zero-order valence-electron chi connectivity index (χ0n) is 8.25. The average Bonchev–Trinajstić information content (AvgIpc) is 2.78. The summed E-state index contributed by atoms with van der Waals surface area (Å²) in [7, 11) is 0. The molecule has 0 aromatic rings. The van der Waals surface area contributed by atoms with E-state index in [1.165, 1.54) is 0 Å². The maximum absolute atomic E-state index is 11.4. The summed E-state index contributed by atoms with van der Waals surface area (Å²) in [5.74, 6) is -1.17. The number of aliphatic carboxylic acids is 1. The molecule has 0 aromatic carbocycles. The molecule has 5 nitrogen and oxygen atoms in total. The number of hydrogen-bond acceptors (Lipinski definition) is 3. The minimum Gasteiger partial charge on any atom is -0.481 e. The molecule has 0 aromatic heterocycles. The smallest absolute Gasteiger partial charge is 0.303 e. The second-order valence-electron chi connectivity index (χ2n) is 4.09. The number of nitrogens with two attached hydrogens (primary N) is 1. The number of carbonyl (C=O) groups is 2. The van der Waals surface area contributed by atoms with Crippen LogP contribution in [0.1, 0.15) is 32.6 Å². The van der Waals surface area contributed by atoms with E-state index in [0.717, 1.165) is 12.8 Å². The molecule has 14 heavy (non-hydrogen) atoms. The maximum atomic E-state index is 11.4. The Morgan fingerprint density at radius 1 is 1.57 bits per heavy atom. The van der Waals surface area contributed by atoms with Crippen molar-refractivity contribution in [2.24, 2.45) is 5.73 Å². The third kappa shape index (κ3) is 3.33. The Hall–Kier alpha value is -1.10. The van der Waals surface area contributed by atoms with Gasteiger partial charge in [0.1, 0.15) is 0 Å². The minimum atomic E-state index is -0.925. The zero-order valence-corrected chi connectivity index (χ0v) is 8.25. The van der Waals surface area contributed by atoms with Gasteiger partial charge < -0.3 is 16.2 Å². The Labute approximate surface area is 82.7 Å². The molecule has 0 bridgehead atoms. The second-order valence-corrected chi connectivity index (χ2v) is 4.09. The van der Waals surface area contributed by atoms with Crippen molar-refractivity contribution >= 4 is 11.9 Å². The van der Waals surface area contributed by atoms with Crippen molar-refractivity contribution in [3.63, 3.8) is 0 Å². The van der Waals surface area contributed by atoms with Crippen LogP contribution >= 0.6 is 0 Å². The quantitative estimate of drug-likeness (QED) is 0.575. The molecule has 1 atom stereocenters. The zero-order chi connectivity index (χ0) is 10.8. The molecule has 80 valence electrons. The van der Waals surface area contributed by atoms with Gasteiger partial charge in [-0.3, -0.25) is 9.59 Å². The first-order valence-corrected chi connectivity index (χ1v) is 4.72. The minimum absolute atomic E-state index is 0.0642. The third-order valence-corrected chi connectivity index (χ3v) is 2.43. The molecule has 1 unspecified atom stereocenters. The summed E-state index contributed by atoms with van der Waals surface area (Å²) in [5, 5.41) is 11.2. The molecular formula is C9H16N2O3. The summed E-state index contributed by atoms with van der Waals surface area (Å²) >= 11 is 0. The number of hydrogen-bond donors (Lipinski definition) is 3. The monoisotopic (exact) mass is 200 g/mol. The fourth-order valence-corrected chi connectivity index (χ4v) is 1.11. The summed E-state index contributed by atoms with van der Waals surface area (Å²) in [6, 6.07) is -0.705. The van der Waals surface area contributed by atoms with E-state index in [1.54, 1.807) is 0 Å². The first kappa shape index (κ1) is 11.0. The molecule has 1 rings (SSSR count). The van der Waals surface area contributed by atoms with E-state index in [2.05, 4.69) is 5.32 Å². The molecule has 1 fully saturated rings. The lowest BCUT2D eigenvalue weighted by Crippen LogP contribution is -2.45. The summed E-state index contributed by atoms with van der Waals surface area (Å²) in [6.45, 7) is 1.95. The molecule has 0 heterocycles. The molecule has 0 aliphatic heterocycles. The highest BCUT2D eigenvalue weighted by Gasteiger charge is 2.39. The van der Waals surface area contributed by atoms with Crippen LogP contribution in [0.3, 0.4) is 0 Å². The number of amides is 1. The Kier molecular flexibility index (Phi) is 3.10. The van der Waals surface area contributed by atoms with Crippen LogP contribution in [0.2, 0.25) is 0 Å². The van der Waals surface area contributed by atoms with Gasteiger partial charge in [0.15, 0.2) is 0 Å². The van der Waals surface area contributed by atoms with Crippen LogP contribution in [-0.2, 0) is 9.59 Å². The molecule has 5 heteroatoms. The summed E-state index contributed by atoms with van der Waals surface area (Å²) in [4.78, 5) is 21.6. The highest BCUT2D eigenvalue weighted by molar-refractivity contribution is 5.83. The molecule has 1 aliphatic carbocycles. The predicted molar refractivity (Wildman–Crippen MR) is 50.6 cm³/mol. The van der Waals surface area contributed by atoms with Gasteiger partial charge in [-0.15, -0.1) is 0 Å². The number of carboxylic acid groups (broad SMARTS) is 1. The Morgan fingerprint density at radius 3 is 2.57 bits per heavy atom. The van der Waals surface area contributed by atoms with Crippen molar-refractivity contribution in [2.45, 2.75) is 44.2 Å². The van der Waals surface area contributed by atoms with E-state index in [1.807, 2.05) is 6.92 Å². The van der Waals surface area contributed by atoms with E-state index >= 15 is 0 Å². The van der Waals surface area contributed by atoms with Crippen LogP contribution < -0.4 is 11.1 Å². The molecule has 1 amide bonds. The van der Waals surface area contributed by atoms with Gasteiger partial charge in [0.2, 0.25) is 5.91 Å². The Bertz CT molecular complexity index is 248. The highest BCUT2D eigenvalue weighted by Crippen LogP contribution is 2.34. The topological polar surface area (TPSA) is 92.4 Å². The van der Waals surface area contributed by atoms with Crippen molar-refractivity contribution < 1.29 is 14.7 Å². The fraction of sp³-hybridized carbons (Fsp3) is 0.778. The first-order chi connectivity index (χ1) is 6.43. The van der Waals surface area contributed by atoms with Gasteiger partial charge in [-0.1, -0.05) is 0 Å². The fourth-order valence-electron chi connectivity index (χ4n) is 1.11. The second kappa shape index (κ2) is 3.96. The van der Waals surface area contributed by atoms with Crippen LogP contribution in [0.5, 0.6) is 0 Å². The van der Waals surface area contributed by atoms with Gasteiger partial charge in [-0.25, -0.2) is 0 Å². The molecule has 4 N–H and O–H groups in total. The van der Waals surface area contributed by atoms with Crippen LogP contribution in [-0.4, -0.2) is 28.6 Å². The van der Waals surface area contributed by atoms with Gasteiger partial charge in [-0.05, 0) is 26.2 Å². The van der Waals surface area contributed by atoms with Crippen molar-refractivity contribution in [2.75, 3.05) is 0 Å². The van der Waals surface area contributed by atoms with Crippen LogP contribution in [0.25, 0.3) is 0 Å². The van der Waals surface area contributed by atoms with Crippen LogP contribution in [0.4, 0.5) is 0 Å². The number of rotatable bonds is 5. The lowest BCUT2D eigenvalue weighted by molar-refractivity contribution is -0.137. The lowest BCUT2D eigenvalue weighted by atomic mass is 10.1. The third-order valence-electron chi connectivity index (χ3n) is 2.43. The van der Waals surface area contributed by atoms with Crippen LogP contribution in [0, 0.1) is 0 Å². The summed E-state index contributed by atoms with van der Waals surface area (Å²) < 4.78 is 0. The SMILES string of the molecule is CC1(NC(=O)C(N)CCC(=O)O)CC1. The molecular weight excluding hydrogens is 184 g/mol. The largest absolute Gasteiger partial charge is 0.481 e. The number of carbonyl (C=O) groups excluding carboxylic acids is 1. The highest BCUT2D eigenvalue weighted by atomic mass is 16.4.